The van der Waals surface area contributed by atoms with Crippen LogP contribution in [0.2, 0.25) is 0 Å². The fourth-order valence-corrected chi connectivity index (χ4v) is 6.00. The number of guanidine groups is 2. The lowest BCUT2D eigenvalue weighted by Gasteiger charge is -2.49. The van der Waals surface area contributed by atoms with Gasteiger partial charge >= 0.3 is 0 Å². The summed E-state index contributed by atoms with van der Waals surface area (Å²) in [5.74, 6) is -3.49. The second kappa shape index (κ2) is 8.98. The van der Waals surface area contributed by atoms with Crippen LogP contribution in [-0.2, 0) is 9.59 Å². The summed E-state index contributed by atoms with van der Waals surface area (Å²) in [4.78, 5) is 49.3. The van der Waals surface area contributed by atoms with E-state index in [1.807, 2.05) is 0 Å². The van der Waals surface area contributed by atoms with Gasteiger partial charge in [-0.15, -0.1) is 0 Å². The van der Waals surface area contributed by atoms with Crippen molar-refractivity contribution in [2.24, 2.45) is 21.5 Å². The van der Waals surface area contributed by atoms with Crippen LogP contribution in [-0.4, -0.2) is 106 Å². The van der Waals surface area contributed by atoms with Crippen LogP contribution in [0.15, 0.2) is 28.2 Å². The first-order valence-corrected chi connectivity index (χ1v) is 12.8. The van der Waals surface area contributed by atoms with Crippen LogP contribution in [0.4, 0.5) is 0 Å². The van der Waals surface area contributed by atoms with Crippen LogP contribution in [0.3, 0.4) is 0 Å². The number of nitrogens with zero attached hydrogens (tertiary/aromatic N) is 4. The SMILES string of the molecule is NC1=NC2[C@H](CN3C(=O)CCC3=O)N=C(N)N3CC(NC(=O)c4cccc5c4OCCCCO5)C(O)(O)C23N1. The molecule has 2 saturated heterocycles. The Balaban J connectivity index is 1.30. The molecule has 6 rings (SSSR count). The number of benzene rings is 1. The van der Waals surface area contributed by atoms with Crippen molar-refractivity contribution in [3.05, 3.63) is 23.8 Å². The van der Waals surface area contributed by atoms with E-state index in [-0.39, 0.29) is 61.0 Å². The van der Waals surface area contributed by atoms with Gasteiger partial charge in [0.1, 0.15) is 12.1 Å². The van der Waals surface area contributed by atoms with Gasteiger partial charge in [0, 0.05) is 19.4 Å². The van der Waals surface area contributed by atoms with E-state index in [2.05, 4.69) is 20.6 Å². The van der Waals surface area contributed by atoms with Gasteiger partial charge in [-0.05, 0) is 25.0 Å². The number of amides is 3. The van der Waals surface area contributed by atoms with E-state index in [4.69, 9.17) is 20.9 Å². The number of rotatable bonds is 4. The molecule has 5 aliphatic rings. The number of hydrogen-bond donors (Lipinski definition) is 6. The number of fused-ring (bicyclic) bond motifs is 1. The average molecular weight is 543 g/mol. The van der Waals surface area contributed by atoms with Crippen molar-refractivity contribution in [1.29, 1.82) is 0 Å². The molecule has 8 N–H and O–H groups in total. The van der Waals surface area contributed by atoms with Gasteiger partial charge in [-0.3, -0.25) is 19.3 Å². The molecule has 1 spiro atoms. The van der Waals surface area contributed by atoms with Crippen LogP contribution in [0, 0.1) is 0 Å². The lowest BCUT2D eigenvalue weighted by atomic mass is 9.84. The van der Waals surface area contributed by atoms with Crippen molar-refractivity contribution < 1.29 is 34.1 Å². The Bertz CT molecular complexity index is 1280. The van der Waals surface area contributed by atoms with Crippen molar-refractivity contribution in [2.45, 2.75) is 55.3 Å². The lowest BCUT2D eigenvalue weighted by Crippen LogP contribution is -2.78. The molecular weight excluding hydrogens is 512 g/mol. The quantitative estimate of drug-likeness (QED) is 0.168. The minimum atomic E-state index is -2.67. The molecule has 0 aliphatic carbocycles. The summed E-state index contributed by atoms with van der Waals surface area (Å²) in [5.41, 5.74) is 10.6. The van der Waals surface area contributed by atoms with Crippen molar-refractivity contribution in [1.82, 2.24) is 20.4 Å². The van der Waals surface area contributed by atoms with Crippen molar-refractivity contribution in [3.63, 3.8) is 0 Å². The van der Waals surface area contributed by atoms with Gasteiger partial charge in [-0.1, -0.05) is 6.07 Å². The Morgan fingerprint density at radius 1 is 1.13 bits per heavy atom. The Labute approximate surface area is 222 Å². The van der Waals surface area contributed by atoms with Gasteiger partial charge in [-0.25, -0.2) is 9.98 Å². The van der Waals surface area contributed by atoms with E-state index in [9.17, 15) is 24.6 Å². The zero-order valence-electron chi connectivity index (χ0n) is 21.0. The highest BCUT2D eigenvalue weighted by Gasteiger charge is 2.73. The summed E-state index contributed by atoms with van der Waals surface area (Å²) in [7, 11) is 0. The second-order valence-corrected chi connectivity index (χ2v) is 10.2. The molecule has 3 amide bonds. The summed E-state index contributed by atoms with van der Waals surface area (Å²) in [6.45, 7) is 0.586. The Morgan fingerprint density at radius 3 is 2.59 bits per heavy atom. The van der Waals surface area contributed by atoms with Crippen LogP contribution >= 0.6 is 0 Å². The molecule has 0 aromatic heterocycles. The third-order valence-corrected chi connectivity index (χ3v) is 7.90. The number of carbonyl (C=O) groups excluding carboxylic acids is 3. The summed E-state index contributed by atoms with van der Waals surface area (Å²) >= 11 is 0. The van der Waals surface area contributed by atoms with E-state index in [0.29, 0.717) is 19.0 Å². The predicted octanol–water partition coefficient (Wildman–Crippen LogP) is -2.84. The molecule has 0 radical (unpaired) electrons. The molecule has 208 valence electrons. The third-order valence-electron chi connectivity index (χ3n) is 7.90. The van der Waals surface area contributed by atoms with E-state index >= 15 is 0 Å². The molecule has 1 aromatic rings. The number of aliphatic imine (C=N–C) groups is 2. The van der Waals surface area contributed by atoms with E-state index in [1.54, 1.807) is 18.2 Å². The van der Waals surface area contributed by atoms with E-state index < -0.39 is 35.5 Å². The smallest absolute Gasteiger partial charge is 0.255 e. The van der Waals surface area contributed by atoms with Crippen LogP contribution in [0.25, 0.3) is 0 Å². The van der Waals surface area contributed by atoms with Crippen LogP contribution in [0.5, 0.6) is 11.5 Å². The maximum Gasteiger partial charge on any atom is 0.255 e. The van der Waals surface area contributed by atoms with Crippen molar-refractivity contribution in [2.75, 3.05) is 26.3 Å². The van der Waals surface area contributed by atoms with E-state index in [1.165, 1.54) is 4.90 Å². The average Bonchev–Trinajstić information content (AvgIpc) is 3.47. The summed E-state index contributed by atoms with van der Waals surface area (Å²) in [6, 6.07) is 1.68. The number of imide groups is 1. The summed E-state index contributed by atoms with van der Waals surface area (Å²) in [5, 5.41) is 28.8. The normalized spacial score (nSPS) is 31.0. The van der Waals surface area contributed by atoms with Crippen molar-refractivity contribution in [3.8, 4) is 11.5 Å². The molecular formula is C24H30N8O7. The number of carbonyl (C=O) groups is 3. The fraction of sp³-hybridized carbons (Fsp3) is 0.542. The van der Waals surface area contributed by atoms with Gasteiger partial charge in [0.05, 0.1) is 31.4 Å². The molecule has 2 fully saturated rings. The highest BCUT2D eigenvalue weighted by atomic mass is 16.5. The van der Waals surface area contributed by atoms with Gasteiger partial charge in [0.25, 0.3) is 5.91 Å². The third kappa shape index (κ3) is 3.75. The highest BCUT2D eigenvalue weighted by Crippen LogP contribution is 2.45. The molecule has 39 heavy (non-hydrogen) atoms. The second-order valence-electron chi connectivity index (χ2n) is 10.2. The molecule has 5 heterocycles. The zero-order valence-corrected chi connectivity index (χ0v) is 21.0. The Morgan fingerprint density at radius 2 is 1.85 bits per heavy atom. The Hall–Kier alpha value is -4.11. The number of nitrogens with two attached hydrogens (primary N) is 2. The summed E-state index contributed by atoms with van der Waals surface area (Å²) < 4.78 is 11.6. The van der Waals surface area contributed by atoms with E-state index in [0.717, 1.165) is 17.7 Å². The molecule has 3 unspecified atom stereocenters. The van der Waals surface area contributed by atoms with Gasteiger partial charge in [0.15, 0.2) is 29.1 Å². The fourth-order valence-electron chi connectivity index (χ4n) is 6.00. The first kappa shape index (κ1) is 25.2. The number of aliphatic hydroxyl groups is 2. The van der Waals surface area contributed by atoms with Crippen LogP contribution in [0.1, 0.15) is 36.0 Å². The topological polar surface area (TPSA) is 217 Å². The number of ether oxygens (including phenoxy) is 2. The van der Waals surface area contributed by atoms with Gasteiger partial charge in [0.2, 0.25) is 17.6 Å². The maximum absolute atomic E-state index is 13.5. The number of para-hydroxylation sites is 1. The minimum absolute atomic E-state index is 0.0847. The predicted molar refractivity (Wildman–Crippen MR) is 134 cm³/mol. The monoisotopic (exact) mass is 542 g/mol. The maximum atomic E-state index is 13.5. The molecule has 0 saturated carbocycles. The molecule has 15 heteroatoms. The number of nitrogens with one attached hydrogen (secondary N) is 2. The number of likely N-dealkylation sites (tertiary alicyclic amines) is 1. The molecule has 5 aliphatic heterocycles. The summed E-state index contributed by atoms with van der Waals surface area (Å²) in [6.07, 6.45) is 1.75. The zero-order chi connectivity index (χ0) is 27.5. The largest absolute Gasteiger partial charge is 0.490 e. The van der Waals surface area contributed by atoms with Crippen LogP contribution < -0.4 is 31.6 Å². The molecule has 15 nitrogen and oxygen atoms in total. The number of hydrogen-bond acceptors (Lipinski definition) is 13. The Kier molecular flexibility index (Phi) is 5.80. The minimum Gasteiger partial charge on any atom is -0.490 e. The highest BCUT2D eigenvalue weighted by molar-refractivity contribution is 6.02. The lowest BCUT2D eigenvalue weighted by molar-refractivity contribution is -0.230. The van der Waals surface area contributed by atoms with Gasteiger partial charge < -0.3 is 46.7 Å². The molecule has 1 aromatic carbocycles. The first-order valence-electron chi connectivity index (χ1n) is 12.8. The standard InChI is InChI=1S/C24H30N8O7/c25-21-29-19-13(10-31-16(33)6-7-17(31)34)27-22(26)32-11-15(24(36,37)23(19,32)30-21)28-20(35)12-4-3-5-14-18(12)39-9-2-1-8-38-14/h3-5,13,15,19,36-37H,1-2,6-11H2,(H2,26,27)(H,28,35)(H3,25,29,30)/t13-,15?,19?,23?/m0/s1. The first-order chi connectivity index (χ1) is 18.6. The van der Waals surface area contributed by atoms with Crippen molar-refractivity contribution >= 4 is 29.6 Å². The van der Waals surface area contributed by atoms with Gasteiger partial charge in [-0.2, -0.15) is 0 Å². The molecule has 4 atom stereocenters. The molecule has 0 bridgehead atoms.